The van der Waals surface area contributed by atoms with Gasteiger partial charge in [-0.25, -0.2) is 0 Å². The summed E-state index contributed by atoms with van der Waals surface area (Å²) in [5.74, 6) is 0.159. The van der Waals surface area contributed by atoms with Crippen LogP contribution in [0, 0.1) is 10.8 Å². The van der Waals surface area contributed by atoms with Gasteiger partial charge in [-0.2, -0.15) is 0 Å². The van der Waals surface area contributed by atoms with Crippen LogP contribution in [-0.2, 0) is 4.79 Å². The third-order valence-electron chi connectivity index (χ3n) is 3.41. The van der Waals surface area contributed by atoms with Crippen LogP contribution in [0.15, 0.2) is 24.3 Å². The highest BCUT2D eigenvalue weighted by atomic mass is 16.5. The molecule has 0 atom stereocenters. The molecule has 0 saturated heterocycles. The van der Waals surface area contributed by atoms with Crippen molar-refractivity contribution in [2.24, 2.45) is 10.8 Å². The Balaban J connectivity index is 2.87. The number of hydrogen-bond acceptors (Lipinski definition) is 3. The number of carbonyl (C=O) groups is 1. The fourth-order valence-corrected chi connectivity index (χ4v) is 1.09. The van der Waals surface area contributed by atoms with Gasteiger partial charge in [0.25, 0.3) is 0 Å². The molecule has 0 unspecified atom stereocenters. The summed E-state index contributed by atoms with van der Waals surface area (Å²) < 4.78 is 5.29. The highest BCUT2D eigenvalue weighted by molar-refractivity contribution is 5.79. The van der Waals surface area contributed by atoms with E-state index in [2.05, 4.69) is 0 Å². The minimum atomic E-state index is -0.599. The van der Waals surface area contributed by atoms with Crippen LogP contribution < -0.4 is 4.74 Å². The Morgan fingerprint density at radius 2 is 1.76 bits per heavy atom. The molecular weight excluding hydrogens is 216 g/mol. The number of benzene rings is 1. The number of esters is 1. The SMILES string of the molecule is CC(C)(C)C(C)(C)C(=O)Oc1cccc(O)c1. The third-order valence-corrected chi connectivity index (χ3v) is 3.41. The summed E-state index contributed by atoms with van der Waals surface area (Å²) in [7, 11) is 0. The fraction of sp³-hybridized carbons (Fsp3) is 0.500. The minimum Gasteiger partial charge on any atom is -0.508 e. The van der Waals surface area contributed by atoms with E-state index in [1.54, 1.807) is 12.1 Å². The highest BCUT2D eigenvalue weighted by Gasteiger charge is 2.41. The van der Waals surface area contributed by atoms with Gasteiger partial charge in [-0.1, -0.05) is 26.8 Å². The molecule has 1 aromatic carbocycles. The summed E-state index contributed by atoms with van der Waals surface area (Å²) in [6, 6.07) is 6.25. The summed E-state index contributed by atoms with van der Waals surface area (Å²) in [4.78, 5) is 12.1. The van der Waals surface area contributed by atoms with E-state index in [4.69, 9.17) is 4.74 Å². The Bertz CT molecular complexity index is 414. The number of hydrogen-bond donors (Lipinski definition) is 1. The summed E-state index contributed by atoms with van der Waals surface area (Å²) in [6.07, 6.45) is 0. The number of ether oxygens (including phenoxy) is 1. The van der Waals surface area contributed by atoms with E-state index in [0.717, 1.165) is 0 Å². The largest absolute Gasteiger partial charge is 0.508 e. The predicted octanol–water partition coefficient (Wildman–Crippen LogP) is 3.37. The van der Waals surface area contributed by atoms with Gasteiger partial charge in [0.15, 0.2) is 0 Å². The number of carbonyl (C=O) groups excluding carboxylic acids is 1. The zero-order valence-electron chi connectivity index (χ0n) is 11.1. The second kappa shape index (κ2) is 4.40. The highest BCUT2D eigenvalue weighted by Crippen LogP contribution is 2.39. The van der Waals surface area contributed by atoms with E-state index in [9.17, 15) is 9.90 Å². The van der Waals surface area contributed by atoms with Crippen molar-refractivity contribution >= 4 is 5.97 Å². The van der Waals surface area contributed by atoms with Crippen molar-refractivity contribution in [2.45, 2.75) is 34.6 Å². The molecule has 0 saturated carbocycles. The molecule has 94 valence electrons. The van der Waals surface area contributed by atoms with Gasteiger partial charge in [0.1, 0.15) is 11.5 Å². The zero-order chi connectivity index (χ0) is 13.3. The number of phenols is 1. The molecule has 0 heterocycles. The molecule has 0 spiro atoms. The zero-order valence-corrected chi connectivity index (χ0v) is 11.1. The first-order chi connectivity index (χ1) is 7.64. The van der Waals surface area contributed by atoms with E-state index >= 15 is 0 Å². The van der Waals surface area contributed by atoms with Crippen molar-refractivity contribution < 1.29 is 14.6 Å². The monoisotopic (exact) mass is 236 g/mol. The first-order valence-corrected chi connectivity index (χ1v) is 5.66. The lowest BCUT2D eigenvalue weighted by Gasteiger charge is -2.36. The summed E-state index contributed by atoms with van der Waals surface area (Å²) in [5, 5.41) is 9.30. The van der Waals surface area contributed by atoms with E-state index in [-0.39, 0.29) is 17.1 Å². The molecule has 1 N–H and O–H groups in total. The number of rotatable bonds is 2. The normalized spacial score (nSPS) is 12.3. The van der Waals surface area contributed by atoms with Gasteiger partial charge in [0.2, 0.25) is 0 Å². The van der Waals surface area contributed by atoms with Crippen molar-refractivity contribution in [1.82, 2.24) is 0 Å². The maximum Gasteiger partial charge on any atom is 0.317 e. The van der Waals surface area contributed by atoms with Crippen molar-refractivity contribution in [2.75, 3.05) is 0 Å². The van der Waals surface area contributed by atoms with E-state index in [0.29, 0.717) is 5.75 Å². The van der Waals surface area contributed by atoms with Gasteiger partial charge in [-0.05, 0) is 31.4 Å². The van der Waals surface area contributed by atoms with Crippen LogP contribution in [0.4, 0.5) is 0 Å². The lowest BCUT2D eigenvalue weighted by Crippen LogP contribution is -2.40. The predicted molar refractivity (Wildman–Crippen MR) is 67.0 cm³/mol. The quantitative estimate of drug-likeness (QED) is 0.632. The van der Waals surface area contributed by atoms with Crippen molar-refractivity contribution in [3.8, 4) is 11.5 Å². The standard InChI is InChI=1S/C14H20O3/c1-13(2,3)14(4,5)12(16)17-11-8-6-7-10(15)9-11/h6-9,15H,1-5H3. The van der Waals surface area contributed by atoms with Crippen molar-refractivity contribution in [3.05, 3.63) is 24.3 Å². The molecule has 0 aliphatic rings. The molecule has 0 aliphatic carbocycles. The Hall–Kier alpha value is -1.51. The van der Waals surface area contributed by atoms with Gasteiger partial charge < -0.3 is 9.84 Å². The van der Waals surface area contributed by atoms with Crippen LogP contribution in [0.25, 0.3) is 0 Å². The van der Waals surface area contributed by atoms with Crippen LogP contribution in [-0.4, -0.2) is 11.1 Å². The van der Waals surface area contributed by atoms with E-state index < -0.39 is 5.41 Å². The fourth-order valence-electron chi connectivity index (χ4n) is 1.09. The molecule has 0 aromatic heterocycles. The lowest BCUT2D eigenvalue weighted by molar-refractivity contribution is -0.150. The van der Waals surface area contributed by atoms with Crippen LogP contribution in [0.2, 0.25) is 0 Å². The van der Waals surface area contributed by atoms with Crippen LogP contribution in [0.1, 0.15) is 34.6 Å². The second-order valence-corrected chi connectivity index (χ2v) is 5.76. The van der Waals surface area contributed by atoms with E-state index in [1.165, 1.54) is 12.1 Å². The van der Waals surface area contributed by atoms with Gasteiger partial charge in [-0.3, -0.25) is 4.79 Å². The maximum absolute atomic E-state index is 12.1. The van der Waals surface area contributed by atoms with Crippen LogP contribution in [0.3, 0.4) is 0 Å². The summed E-state index contributed by atoms with van der Waals surface area (Å²) >= 11 is 0. The molecule has 1 aromatic rings. The molecule has 1 rings (SSSR count). The smallest absolute Gasteiger partial charge is 0.317 e. The molecule has 0 radical (unpaired) electrons. The average Bonchev–Trinajstić information content (AvgIpc) is 2.15. The Morgan fingerprint density at radius 3 is 2.24 bits per heavy atom. The Morgan fingerprint density at radius 1 is 1.18 bits per heavy atom. The summed E-state index contributed by atoms with van der Waals surface area (Å²) in [5.41, 5.74) is -0.792. The number of phenolic OH excluding ortho intramolecular Hbond substituents is 1. The molecule has 0 bridgehead atoms. The third kappa shape index (κ3) is 2.99. The second-order valence-electron chi connectivity index (χ2n) is 5.76. The molecular formula is C14H20O3. The van der Waals surface area contributed by atoms with Crippen LogP contribution >= 0.6 is 0 Å². The van der Waals surface area contributed by atoms with Crippen molar-refractivity contribution in [3.63, 3.8) is 0 Å². The van der Waals surface area contributed by atoms with Gasteiger partial charge in [0.05, 0.1) is 5.41 Å². The first-order valence-electron chi connectivity index (χ1n) is 5.66. The van der Waals surface area contributed by atoms with Gasteiger partial charge in [-0.15, -0.1) is 0 Å². The maximum atomic E-state index is 12.1. The molecule has 0 fully saturated rings. The molecule has 0 amide bonds. The first kappa shape index (κ1) is 13.6. The van der Waals surface area contributed by atoms with Crippen LogP contribution in [0.5, 0.6) is 11.5 Å². The Kier molecular flexibility index (Phi) is 3.51. The van der Waals surface area contributed by atoms with Crippen molar-refractivity contribution in [1.29, 1.82) is 0 Å². The van der Waals surface area contributed by atoms with E-state index in [1.807, 2.05) is 34.6 Å². The molecule has 0 aliphatic heterocycles. The topological polar surface area (TPSA) is 46.5 Å². The lowest BCUT2D eigenvalue weighted by atomic mass is 9.69. The molecule has 3 heteroatoms. The molecule has 17 heavy (non-hydrogen) atoms. The number of aromatic hydroxyl groups is 1. The summed E-state index contributed by atoms with van der Waals surface area (Å²) in [6.45, 7) is 9.71. The Labute approximate surface area is 102 Å². The average molecular weight is 236 g/mol. The molecule has 3 nitrogen and oxygen atoms in total. The van der Waals surface area contributed by atoms with Gasteiger partial charge >= 0.3 is 5.97 Å². The minimum absolute atomic E-state index is 0.0869. The van der Waals surface area contributed by atoms with Gasteiger partial charge in [0, 0.05) is 6.07 Å².